The Kier molecular flexibility index (Phi) is 2.93. The molecule has 2 aromatic heterocycles. The van der Waals surface area contributed by atoms with Crippen molar-refractivity contribution in [2.75, 3.05) is 0 Å². The maximum Gasteiger partial charge on any atom is 0.165 e. The van der Waals surface area contributed by atoms with Gasteiger partial charge in [-0.3, -0.25) is 4.79 Å². The third kappa shape index (κ3) is 1.83. The Morgan fingerprint density at radius 3 is 2.91 bits per heavy atom. The van der Waals surface area contributed by atoms with Crippen molar-refractivity contribution in [3.63, 3.8) is 0 Å². The summed E-state index contributed by atoms with van der Waals surface area (Å²) in [5.74, 6) is 1.67. The Labute approximate surface area is 129 Å². The van der Waals surface area contributed by atoms with Gasteiger partial charge >= 0.3 is 0 Å². The molecule has 0 saturated heterocycles. The summed E-state index contributed by atoms with van der Waals surface area (Å²) in [5.41, 5.74) is 3.27. The number of carbonyl (C=O) groups is 1. The Balaban J connectivity index is 1.88. The van der Waals surface area contributed by atoms with E-state index < -0.39 is 0 Å². The summed E-state index contributed by atoms with van der Waals surface area (Å²) >= 11 is 0. The molecule has 0 amide bonds. The minimum atomic E-state index is 0.283. The largest absolute Gasteiger partial charge is 0.347 e. The lowest BCUT2D eigenvalue weighted by Crippen LogP contribution is -2.21. The van der Waals surface area contributed by atoms with Crippen LogP contribution in [0.5, 0.6) is 0 Å². The SMILES string of the molecule is Cc1nccn1CC1CCC(=O)c2c1n(C)c1ccccc21. The molecule has 0 spiro atoms. The van der Waals surface area contributed by atoms with E-state index >= 15 is 0 Å². The van der Waals surface area contributed by atoms with E-state index in [-0.39, 0.29) is 5.78 Å². The number of fused-ring (bicyclic) bond motifs is 3. The molecule has 1 aromatic carbocycles. The normalized spacial score (nSPS) is 17.9. The summed E-state index contributed by atoms with van der Waals surface area (Å²) in [6.07, 6.45) is 5.41. The predicted molar refractivity (Wildman–Crippen MR) is 86.2 cm³/mol. The van der Waals surface area contributed by atoms with Gasteiger partial charge in [-0.1, -0.05) is 18.2 Å². The topological polar surface area (TPSA) is 39.8 Å². The van der Waals surface area contributed by atoms with Gasteiger partial charge in [0.2, 0.25) is 0 Å². The van der Waals surface area contributed by atoms with Crippen molar-refractivity contribution in [2.24, 2.45) is 7.05 Å². The van der Waals surface area contributed by atoms with Crippen LogP contribution in [0, 0.1) is 6.92 Å². The number of aryl methyl sites for hydroxylation is 2. The third-order valence-corrected chi connectivity index (χ3v) is 4.88. The zero-order valence-corrected chi connectivity index (χ0v) is 12.9. The molecular formula is C18H19N3O. The molecule has 112 valence electrons. The summed E-state index contributed by atoms with van der Waals surface area (Å²) in [5, 5.41) is 1.09. The molecule has 0 N–H and O–H groups in total. The summed E-state index contributed by atoms with van der Waals surface area (Å²) in [4.78, 5) is 16.8. The summed E-state index contributed by atoms with van der Waals surface area (Å²) in [6, 6.07) is 8.21. The molecule has 0 saturated carbocycles. The van der Waals surface area contributed by atoms with Crippen LogP contribution in [0.15, 0.2) is 36.7 Å². The first-order valence-electron chi connectivity index (χ1n) is 7.75. The van der Waals surface area contributed by atoms with Crippen molar-refractivity contribution >= 4 is 16.7 Å². The number of aromatic nitrogens is 3. The number of hydrogen-bond donors (Lipinski definition) is 0. The second-order valence-electron chi connectivity index (χ2n) is 6.12. The molecule has 4 rings (SSSR count). The average molecular weight is 293 g/mol. The van der Waals surface area contributed by atoms with Crippen molar-refractivity contribution in [3.8, 4) is 0 Å². The van der Waals surface area contributed by atoms with E-state index in [1.165, 1.54) is 5.69 Å². The van der Waals surface area contributed by atoms with Gasteiger partial charge < -0.3 is 9.13 Å². The fraction of sp³-hybridized carbons (Fsp3) is 0.333. The van der Waals surface area contributed by atoms with E-state index in [9.17, 15) is 4.79 Å². The van der Waals surface area contributed by atoms with Gasteiger partial charge in [-0.15, -0.1) is 0 Å². The monoisotopic (exact) mass is 293 g/mol. The number of ketones is 1. The first kappa shape index (κ1) is 13.3. The number of nitrogens with zero attached hydrogens (tertiary/aromatic N) is 3. The highest BCUT2D eigenvalue weighted by Gasteiger charge is 2.31. The number of Topliss-reactive ketones (excluding diaryl/α,β-unsaturated/α-hetero) is 1. The molecule has 1 unspecified atom stereocenters. The smallest absolute Gasteiger partial charge is 0.165 e. The van der Waals surface area contributed by atoms with Crippen LogP contribution in [0.4, 0.5) is 0 Å². The molecule has 0 radical (unpaired) electrons. The van der Waals surface area contributed by atoms with Crippen molar-refractivity contribution in [1.29, 1.82) is 0 Å². The predicted octanol–water partition coefficient (Wildman–Crippen LogP) is 3.44. The highest BCUT2D eigenvalue weighted by Crippen LogP contribution is 2.38. The maximum atomic E-state index is 12.5. The molecule has 4 heteroatoms. The van der Waals surface area contributed by atoms with Gasteiger partial charge in [-0.05, 0) is 19.4 Å². The van der Waals surface area contributed by atoms with Gasteiger partial charge in [0.25, 0.3) is 0 Å². The third-order valence-electron chi connectivity index (χ3n) is 4.88. The fourth-order valence-corrected chi connectivity index (χ4v) is 3.76. The summed E-state index contributed by atoms with van der Waals surface area (Å²) < 4.78 is 4.39. The average Bonchev–Trinajstić information content (AvgIpc) is 3.06. The lowest BCUT2D eigenvalue weighted by atomic mass is 9.85. The molecule has 2 heterocycles. The number of benzene rings is 1. The molecule has 1 aliphatic rings. The quantitative estimate of drug-likeness (QED) is 0.726. The Morgan fingerprint density at radius 2 is 2.14 bits per heavy atom. The summed E-state index contributed by atoms with van der Waals surface area (Å²) in [6.45, 7) is 2.91. The first-order chi connectivity index (χ1) is 10.7. The van der Waals surface area contributed by atoms with Gasteiger partial charge in [0, 0.05) is 60.5 Å². The summed E-state index contributed by atoms with van der Waals surface area (Å²) in [7, 11) is 2.08. The number of carbonyl (C=O) groups excluding carboxylic acids is 1. The zero-order chi connectivity index (χ0) is 15.3. The second kappa shape index (κ2) is 4.83. The highest BCUT2D eigenvalue weighted by atomic mass is 16.1. The first-order valence-corrected chi connectivity index (χ1v) is 7.75. The van der Waals surface area contributed by atoms with Crippen molar-refractivity contribution in [3.05, 3.63) is 53.7 Å². The molecular weight excluding hydrogens is 274 g/mol. The minimum absolute atomic E-state index is 0.283. The van der Waals surface area contributed by atoms with Crippen LogP contribution < -0.4 is 0 Å². The van der Waals surface area contributed by atoms with Gasteiger partial charge in [0.05, 0.1) is 0 Å². The van der Waals surface area contributed by atoms with E-state index in [4.69, 9.17) is 0 Å². The molecule has 1 aliphatic carbocycles. The van der Waals surface area contributed by atoms with Crippen LogP contribution in [0.25, 0.3) is 10.9 Å². The van der Waals surface area contributed by atoms with E-state index in [0.29, 0.717) is 12.3 Å². The lowest BCUT2D eigenvalue weighted by molar-refractivity contribution is 0.0966. The number of hydrogen-bond acceptors (Lipinski definition) is 2. The van der Waals surface area contributed by atoms with Gasteiger partial charge in [0.1, 0.15) is 5.82 Å². The van der Waals surface area contributed by atoms with Crippen LogP contribution in [-0.4, -0.2) is 19.9 Å². The van der Waals surface area contributed by atoms with Crippen molar-refractivity contribution in [1.82, 2.24) is 14.1 Å². The van der Waals surface area contributed by atoms with E-state index in [1.807, 2.05) is 31.5 Å². The van der Waals surface area contributed by atoms with E-state index in [2.05, 4.69) is 33.3 Å². The van der Waals surface area contributed by atoms with Gasteiger partial charge in [-0.2, -0.15) is 0 Å². The minimum Gasteiger partial charge on any atom is -0.347 e. The van der Waals surface area contributed by atoms with Crippen LogP contribution in [0.1, 0.15) is 40.6 Å². The Morgan fingerprint density at radius 1 is 1.32 bits per heavy atom. The van der Waals surface area contributed by atoms with Crippen LogP contribution >= 0.6 is 0 Å². The second-order valence-corrected chi connectivity index (χ2v) is 6.12. The molecule has 4 nitrogen and oxygen atoms in total. The standard InChI is InChI=1S/C18H19N3O/c1-12-19-9-10-21(12)11-13-7-8-16(22)17-14-5-3-4-6-15(14)20(2)18(13)17/h3-6,9-10,13H,7-8,11H2,1-2H3. The van der Waals surface area contributed by atoms with E-state index in [0.717, 1.165) is 35.3 Å². The van der Waals surface area contributed by atoms with Crippen LogP contribution in [0.3, 0.4) is 0 Å². The van der Waals surface area contributed by atoms with Crippen molar-refractivity contribution < 1.29 is 4.79 Å². The Bertz CT molecular complexity index is 872. The lowest BCUT2D eigenvalue weighted by Gasteiger charge is -2.24. The van der Waals surface area contributed by atoms with Gasteiger partial charge in [-0.25, -0.2) is 4.98 Å². The van der Waals surface area contributed by atoms with Crippen LogP contribution in [0.2, 0.25) is 0 Å². The maximum absolute atomic E-state index is 12.5. The molecule has 0 aliphatic heterocycles. The fourth-order valence-electron chi connectivity index (χ4n) is 3.76. The Hall–Kier alpha value is -2.36. The van der Waals surface area contributed by atoms with Crippen LogP contribution in [-0.2, 0) is 13.6 Å². The number of rotatable bonds is 2. The zero-order valence-electron chi connectivity index (χ0n) is 12.9. The molecule has 3 aromatic rings. The molecule has 0 fully saturated rings. The number of imidazole rings is 1. The van der Waals surface area contributed by atoms with Crippen molar-refractivity contribution in [2.45, 2.75) is 32.2 Å². The molecule has 0 bridgehead atoms. The number of para-hydroxylation sites is 1. The van der Waals surface area contributed by atoms with Gasteiger partial charge in [0.15, 0.2) is 5.78 Å². The highest BCUT2D eigenvalue weighted by molar-refractivity contribution is 6.10. The molecule has 1 atom stereocenters. The van der Waals surface area contributed by atoms with E-state index in [1.54, 1.807) is 0 Å². The molecule has 22 heavy (non-hydrogen) atoms.